The monoisotopic (exact) mass is 561 g/mol. The molecular weight excluding hydrogens is 533 g/mol. The van der Waals surface area contributed by atoms with Crippen molar-refractivity contribution >= 4 is 29.1 Å². The maximum Gasteiger partial charge on any atom is 0.255 e. The third kappa shape index (κ3) is 5.48. The maximum atomic E-state index is 14.7. The number of rotatable bonds is 4. The van der Waals surface area contributed by atoms with Crippen LogP contribution in [0.3, 0.4) is 0 Å². The number of nitrogens with zero attached hydrogens (tertiary/aromatic N) is 3. The number of benzene rings is 2. The molecule has 5 rings (SSSR count). The minimum absolute atomic E-state index is 0.0327. The van der Waals surface area contributed by atoms with Crippen LogP contribution >= 0.6 is 11.6 Å². The highest BCUT2D eigenvalue weighted by atomic mass is 35.5. The molecule has 1 aliphatic heterocycles. The van der Waals surface area contributed by atoms with E-state index in [2.05, 4.69) is 20.7 Å². The van der Waals surface area contributed by atoms with Gasteiger partial charge in [-0.2, -0.15) is 5.10 Å². The van der Waals surface area contributed by atoms with E-state index in [9.17, 15) is 19.1 Å². The molecule has 40 heavy (non-hydrogen) atoms. The number of aliphatic hydroxyl groups is 1. The molecule has 1 aliphatic rings. The topological polar surface area (TPSA) is 109 Å². The minimum Gasteiger partial charge on any atom is -0.392 e. The van der Waals surface area contributed by atoms with Crippen LogP contribution in [0.25, 0.3) is 16.8 Å². The fourth-order valence-electron chi connectivity index (χ4n) is 4.93. The number of amides is 2. The fraction of sp³-hybridized carbons (Fsp3) is 0.267. The zero-order valence-corrected chi connectivity index (χ0v) is 22.9. The SMILES string of the molecule is Cc1c(C(=O)N[C@H]2CCC[C@@H](C)C(=O)Nc3cc(CO)ccc3-c3ccnc2c3)cnn1-c1cccc(Cl)c1F. The maximum absolute atomic E-state index is 14.7. The van der Waals surface area contributed by atoms with Crippen molar-refractivity contribution in [3.05, 3.63) is 94.3 Å². The third-order valence-electron chi connectivity index (χ3n) is 7.27. The number of carbonyl (C=O) groups is 2. The Bertz CT molecular complexity index is 1590. The standard InChI is InChI=1S/C30H29ClFN5O3/c1-17-5-3-7-24(35-30(40)22-15-34-37(18(22)2)27-8-4-6-23(31)28(27)32)26-14-20(11-12-33-26)21-10-9-19(16-38)13-25(21)36-29(17)39/h4,6,8-15,17,24,38H,3,5,7,16H2,1-2H3,(H,35,40)(H,36,39)/t17-,24+/m1/s1. The third-order valence-corrected chi connectivity index (χ3v) is 7.56. The lowest BCUT2D eigenvalue weighted by Gasteiger charge is -2.22. The van der Waals surface area contributed by atoms with E-state index in [0.717, 1.165) is 11.1 Å². The predicted octanol–water partition coefficient (Wildman–Crippen LogP) is 5.76. The largest absolute Gasteiger partial charge is 0.392 e. The quantitative estimate of drug-likeness (QED) is 0.294. The lowest BCUT2D eigenvalue weighted by Crippen LogP contribution is -2.30. The Morgan fingerprint density at radius 3 is 2.85 bits per heavy atom. The number of hydrogen-bond acceptors (Lipinski definition) is 5. The van der Waals surface area contributed by atoms with Crippen LogP contribution in [0.15, 0.2) is 60.9 Å². The second-order valence-corrected chi connectivity index (χ2v) is 10.4. The average molecular weight is 562 g/mol. The van der Waals surface area contributed by atoms with Crippen LogP contribution < -0.4 is 10.6 Å². The van der Waals surface area contributed by atoms with Crippen LogP contribution in [0.4, 0.5) is 10.1 Å². The summed E-state index contributed by atoms with van der Waals surface area (Å²) in [5.74, 6) is -1.36. The van der Waals surface area contributed by atoms with E-state index in [1.54, 1.807) is 31.3 Å². The van der Waals surface area contributed by atoms with Gasteiger partial charge in [0.25, 0.3) is 5.91 Å². The van der Waals surface area contributed by atoms with Crippen LogP contribution in [0.2, 0.25) is 5.02 Å². The summed E-state index contributed by atoms with van der Waals surface area (Å²) in [6, 6.07) is 13.4. The van der Waals surface area contributed by atoms with Gasteiger partial charge >= 0.3 is 0 Å². The van der Waals surface area contributed by atoms with Crippen LogP contribution in [0.5, 0.6) is 0 Å². The lowest BCUT2D eigenvalue weighted by molar-refractivity contribution is -0.119. The number of aliphatic hydroxyl groups excluding tert-OH is 1. The van der Waals surface area contributed by atoms with Crippen molar-refractivity contribution in [2.45, 2.75) is 45.8 Å². The molecule has 0 unspecified atom stereocenters. The first-order valence-electron chi connectivity index (χ1n) is 13.1. The van der Waals surface area contributed by atoms with E-state index in [1.165, 1.54) is 16.9 Å². The highest BCUT2D eigenvalue weighted by molar-refractivity contribution is 6.30. The van der Waals surface area contributed by atoms with Crippen molar-refractivity contribution in [1.29, 1.82) is 0 Å². The van der Waals surface area contributed by atoms with Gasteiger partial charge in [0, 0.05) is 23.4 Å². The summed E-state index contributed by atoms with van der Waals surface area (Å²) < 4.78 is 16.0. The van der Waals surface area contributed by atoms with Crippen molar-refractivity contribution < 1.29 is 19.1 Å². The van der Waals surface area contributed by atoms with Gasteiger partial charge in [-0.3, -0.25) is 14.6 Å². The summed E-state index contributed by atoms with van der Waals surface area (Å²) in [6.07, 6.45) is 4.92. The second kappa shape index (κ2) is 11.6. The molecule has 0 spiro atoms. The molecule has 0 saturated heterocycles. The van der Waals surface area contributed by atoms with Gasteiger partial charge in [-0.05, 0) is 61.2 Å². The first-order valence-corrected chi connectivity index (χ1v) is 13.5. The molecule has 0 fully saturated rings. The summed E-state index contributed by atoms with van der Waals surface area (Å²) in [6.45, 7) is 3.42. The number of anilines is 1. The van der Waals surface area contributed by atoms with Crippen molar-refractivity contribution in [3.8, 4) is 16.8 Å². The van der Waals surface area contributed by atoms with Gasteiger partial charge in [0.05, 0.1) is 40.8 Å². The molecular formula is C30H29ClFN5O3. The molecule has 2 atom stereocenters. The van der Waals surface area contributed by atoms with Gasteiger partial charge in [-0.25, -0.2) is 9.07 Å². The van der Waals surface area contributed by atoms with Crippen molar-refractivity contribution in [3.63, 3.8) is 0 Å². The molecule has 0 radical (unpaired) electrons. The molecule has 0 saturated carbocycles. The Morgan fingerprint density at radius 2 is 2.05 bits per heavy atom. The molecule has 3 heterocycles. The number of hydrogen-bond donors (Lipinski definition) is 3. The van der Waals surface area contributed by atoms with E-state index >= 15 is 0 Å². The summed E-state index contributed by atoms with van der Waals surface area (Å²) in [7, 11) is 0. The Kier molecular flexibility index (Phi) is 7.95. The van der Waals surface area contributed by atoms with E-state index in [1.807, 2.05) is 31.2 Å². The zero-order valence-electron chi connectivity index (χ0n) is 22.1. The summed E-state index contributed by atoms with van der Waals surface area (Å²) in [5.41, 5.74) is 4.49. The van der Waals surface area contributed by atoms with E-state index in [0.29, 0.717) is 47.5 Å². The Balaban J connectivity index is 1.49. The highest BCUT2D eigenvalue weighted by Gasteiger charge is 2.24. The fourth-order valence-corrected chi connectivity index (χ4v) is 5.10. The Hall–Kier alpha value is -4.08. The molecule has 206 valence electrons. The number of aromatic nitrogens is 3. The van der Waals surface area contributed by atoms with Gasteiger partial charge in [0.2, 0.25) is 5.91 Å². The van der Waals surface area contributed by atoms with Gasteiger partial charge in [-0.1, -0.05) is 43.1 Å². The van der Waals surface area contributed by atoms with Crippen LogP contribution in [0.1, 0.15) is 59.5 Å². The van der Waals surface area contributed by atoms with Crippen molar-refractivity contribution in [1.82, 2.24) is 20.1 Å². The minimum atomic E-state index is -0.618. The van der Waals surface area contributed by atoms with Gasteiger partial charge in [-0.15, -0.1) is 0 Å². The Labute approximate surface area is 236 Å². The molecule has 2 bridgehead atoms. The molecule has 10 heteroatoms. The van der Waals surface area contributed by atoms with Crippen molar-refractivity contribution in [2.24, 2.45) is 5.92 Å². The van der Waals surface area contributed by atoms with E-state index < -0.39 is 11.9 Å². The molecule has 2 aromatic heterocycles. The summed E-state index contributed by atoms with van der Waals surface area (Å²) in [5, 5.41) is 20.0. The molecule has 3 N–H and O–H groups in total. The molecule has 8 nitrogen and oxygen atoms in total. The van der Waals surface area contributed by atoms with E-state index in [4.69, 9.17) is 11.6 Å². The number of carbonyl (C=O) groups excluding carboxylic acids is 2. The van der Waals surface area contributed by atoms with Crippen molar-refractivity contribution in [2.75, 3.05) is 5.32 Å². The van der Waals surface area contributed by atoms with E-state index in [-0.39, 0.29) is 35.0 Å². The smallest absolute Gasteiger partial charge is 0.255 e. The molecule has 0 aliphatic carbocycles. The van der Waals surface area contributed by atoms with Crippen LogP contribution in [-0.4, -0.2) is 31.7 Å². The number of pyridine rings is 1. The highest BCUT2D eigenvalue weighted by Crippen LogP contribution is 2.33. The number of halogens is 2. The van der Waals surface area contributed by atoms with Gasteiger partial charge in [0.1, 0.15) is 5.69 Å². The van der Waals surface area contributed by atoms with Crippen LogP contribution in [-0.2, 0) is 11.4 Å². The summed E-state index contributed by atoms with van der Waals surface area (Å²) >= 11 is 5.95. The zero-order chi connectivity index (χ0) is 28.4. The summed E-state index contributed by atoms with van der Waals surface area (Å²) in [4.78, 5) is 31.0. The second-order valence-electron chi connectivity index (χ2n) is 9.98. The average Bonchev–Trinajstić information content (AvgIpc) is 3.34. The van der Waals surface area contributed by atoms with Crippen LogP contribution in [0, 0.1) is 18.7 Å². The number of fused-ring (bicyclic) bond motifs is 4. The van der Waals surface area contributed by atoms with Gasteiger partial charge in [0.15, 0.2) is 5.82 Å². The number of nitrogens with one attached hydrogen (secondary N) is 2. The molecule has 2 amide bonds. The first kappa shape index (κ1) is 27.5. The predicted molar refractivity (Wildman–Crippen MR) is 151 cm³/mol. The normalized spacial score (nSPS) is 17.3. The Morgan fingerprint density at radius 1 is 1.23 bits per heavy atom. The molecule has 2 aromatic carbocycles. The first-order chi connectivity index (χ1) is 19.3. The molecule has 4 aromatic rings. The lowest BCUT2D eigenvalue weighted by atomic mass is 9.95. The van der Waals surface area contributed by atoms with Gasteiger partial charge < -0.3 is 15.7 Å².